The molecule has 1 aromatic heterocycles. The predicted molar refractivity (Wildman–Crippen MR) is 116 cm³/mol. The first-order chi connectivity index (χ1) is 14.3. The first kappa shape index (κ1) is 22.4. The zero-order valence-electron chi connectivity index (χ0n) is 17.4. The molecule has 1 fully saturated rings. The lowest BCUT2D eigenvalue weighted by molar-refractivity contribution is -0.142. The Morgan fingerprint density at radius 3 is 2.63 bits per heavy atom. The third kappa shape index (κ3) is 5.08. The zero-order valence-corrected chi connectivity index (χ0v) is 18.3. The van der Waals surface area contributed by atoms with Crippen LogP contribution in [0.1, 0.15) is 67.2 Å². The van der Waals surface area contributed by atoms with Crippen molar-refractivity contribution in [3.05, 3.63) is 58.0 Å². The molecule has 30 heavy (non-hydrogen) atoms. The van der Waals surface area contributed by atoms with E-state index in [0.29, 0.717) is 24.9 Å². The van der Waals surface area contributed by atoms with Crippen LogP contribution in [0.3, 0.4) is 0 Å². The van der Waals surface area contributed by atoms with Crippen LogP contribution in [0.25, 0.3) is 0 Å². The summed E-state index contributed by atoms with van der Waals surface area (Å²) in [6, 6.07) is 7.99. The number of aliphatic hydroxyl groups is 1. The molecule has 0 bridgehead atoms. The Labute approximate surface area is 180 Å². The van der Waals surface area contributed by atoms with Crippen molar-refractivity contribution < 1.29 is 19.1 Å². The second-order valence-corrected chi connectivity index (χ2v) is 9.05. The minimum atomic E-state index is -1.19. The van der Waals surface area contributed by atoms with Gasteiger partial charge in [-0.05, 0) is 55.5 Å². The number of hydrogen-bond acceptors (Lipinski definition) is 4. The number of unbranched alkanes of at least 4 members (excludes halogenated alkanes) is 2. The molecule has 2 aromatic rings. The largest absolute Gasteiger partial charge is 0.388 e. The summed E-state index contributed by atoms with van der Waals surface area (Å²) in [5, 5.41) is 16.0. The van der Waals surface area contributed by atoms with Crippen LogP contribution in [-0.4, -0.2) is 40.0 Å². The molecule has 3 atom stereocenters. The highest BCUT2D eigenvalue weighted by Crippen LogP contribution is 2.39. The van der Waals surface area contributed by atoms with E-state index in [0.717, 1.165) is 24.1 Å². The summed E-state index contributed by atoms with van der Waals surface area (Å²) < 4.78 is 13.2. The second kappa shape index (κ2) is 9.71. The summed E-state index contributed by atoms with van der Waals surface area (Å²) in [5.74, 6) is -0.781. The Hall–Kier alpha value is -2.25. The average Bonchev–Trinajstić information content (AvgIpc) is 3.24. The normalized spacial score (nSPS) is 23.9. The van der Waals surface area contributed by atoms with Crippen LogP contribution in [0.4, 0.5) is 4.39 Å². The third-order valence-electron chi connectivity index (χ3n) is 5.72. The van der Waals surface area contributed by atoms with Gasteiger partial charge < -0.3 is 15.3 Å². The maximum Gasteiger partial charge on any atom is 0.251 e. The topological polar surface area (TPSA) is 69.6 Å². The third-order valence-corrected chi connectivity index (χ3v) is 6.67. The van der Waals surface area contributed by atoms with Crippen LogP contribution in [0.15, 0.2) is 41.8 Å². The number of likely N-dealkylation sites (tertiary alicyclic amines) is 1. The number of carbonyl (C=O) groups excluding carboxylic acids is 2. The summed E-state index contributed by atoms with van der Waals surface area (Å²) in [7, 11) is 0. The van der Waals surface area contributed by atoms with Crippen LogP contribution < -0.4 is 5.32 Å². The van der Waals surface area contributed by atoms with Gasteiger partial charge in [-0.25, -0.2) is 4.39 Å². The minimum Gasteiger partial charge on any atom is -0.388 e. The highest BCUT2D eigenvalue weighted by molar-refractivity contribution is 7.10. The molecular weight excluding hydrogens is 403 g/mol. The molecule has 1 aromatic carbocycles. The molecule has 7 heteroatoms. The van der Waals surface area contributed by atoms with Crippen molar-refractivity contribution in [2.45, 2.75) is 63.6 Å². The molecular formula is C23H29FN2O3S. The van der Waals surface area contributed by atoms with Gasteiger partial charge in [0, 0.05) is 23.4 Å². The molecule has 2 amide bonds. The van der Waals surface area contributed by atoms with E-state index < -0.39 is 29.4 Å². The lowest BCUT2D eigenvalue weighted by Gasteiger charge is -2.48. The molecule has 5 nitrogen and oxygen atoms in total. The molecule has 0 saturated carbocycles. The van der Waals surface area contributed by atoms with Gasteiger partial charge >= 0.3 is 0 Å². The molecule has 2 N–H and O–H groups in total. The van der Waals surface area contributed by atoms with Gasteiger partial charge in [0.15, 0.2) is 0 Å². The summed E-state index contributed by atoms with van der Waals surface area (Å²) in [4.78, 5) is 28.6. The SMILES string of the molecule is CCCCCC(=O)N1CC[C@@](C)(O)[C@@H](NC(=O)c2ccc(F)cc2)[C@@H]1c1cccs1. The van der Waals surface area contributed by atoms with E-state index in [1.54, 1.807) is 11.8 Å². The highest BCUT2D eigenvalue weighted by Gasteiger charge is 2.48. The fourth-order valence-electron chi connectivity index (χ4n) is 3.95. The molecule has 0 unspecified atom stereocenters. The number of benzene rings is 1. The lowest BCUT2D eigenvalue weighted by Crippen LogP contribution is -2.63. The van der Waals surface area contributed by atoms with Gasteiger partial charge in [-0.15, -0.1) is 11.3 Å². The Morgan fingerprint density at radius 2 is 2.00 bits per heavy atom. The molecule has 1 aliphatic heterocycles. The van der Waals surface area contributed by atoms with Crippen LogP contribution in [0, 0.1) is 5.82 Å². The summed E-state index contributed by atoms with van der Waals surface area (Å²) in [6.07, 6.45) is 3.67. The van der Waals surface area contributed by atoms with Gasteiger partial charge in [-0.1, -0.05) is 25.8 Å². The lowest BCUT2D eigenvalue weighted by atomic mass is 9.81. The fourth-order valence-corrected chi connectivity index (χ4v) is 4.82. The predicted octanol–water partition coefficient (Wildman–Crippen LogP) is 4.29. The van der Waals surface area contributed by atoms with Crippen LogP contribution in [-0.2, 0) is 4.79 Å². The number of rotatable bonds is 7. The standard InChI is InChI=1S/C23H29FN2O3S/c1-3-4-5-8-19(27)26-14-13-23(2,29)21(20(26)18-7-6-15-30-18)25-22(28)16-9-11-17(24)12-10-16/h6-7,9-12,15,20-21,29H,3-5,8,13-14H2,1-2H3,(H,25,28)/t20-,21-,23+/m0/s1. The number of amides is 2. The fraction of sp³-hybridized carbons (Fsp3) is 0.478. The van der Waals surface area contributed by atoms with E-state index in [1.807, 2.05) is 17.5 Å². The van der Waals surface area contributed by atoms with Crippen molar-refractivity contribution in [2.75, 3.05) is 6.54 Å². The molecule has 1 aliphatic rings. The molecule has 0 spiro atoms. The van der Waals surface area contributed by atoms with Crippen molar-refractivity contribution in [2.24, 2.45) is 0 Å². The minimum absolute atomic E-state index is 0.0402. The van der Waals surface area contributed by atoms with Gasteiger partial charge in [-0.2, -0.15) is 0 Å². The Morgan fingerprint density at radius 1 is 1.27 bits per heavy atom. The van der Waals surface area contributed by atoms with E-state index >= 15 is 0 Å². The number of carbonyl (C=O) groups is 2. The number of nitrogens with one attached hydrogen (secondary N) is 1. The van der Waals surface area contributed by atoms with Crippen molar-refractivity contribution >= 4 is 23.2 Å². The van der Waals surface area contributed by atoms with Crippen molar-refractivity contribution in [3.8, 4) is 0 Å². The van der Waals surface area contributed by atoms with Crippen LogP contribution >= 0.6 is 11.3 Å². The van der Waals surface area contributed by atoms with Gasteiger partial charge in [-0.3, -0.25) is 9.59 Å². The van der Waals surface area contributed by atoms with E-state index in [1.165, 1.54) is 35.6 Å². The maximum atomic E-state index is 13.2. The molecule has 2 heterocycles. The van der Waals surface area contributed by atoms with Crippen molar-refractivity contribution in [1.29, 1.82) is 0 Å². The molecule has 162 valence electrons. The highest BCUT2D eigenvalue weighted by atomic mass is 32.1. The van der Waals surface area contributed by atoms with E-state index in [9.17, 15) is 19.1 Å². The molecule has 3 rings (SSSR count). The van der Waals surface area contributed by atoms with Gasteiger partial charge in [0.2, 0.25) is 5.91 Å². The number of nitrogens with zero attached hydrogens (tertiary/aromatic N) is 1. The average molecular weight is 433 g/mol. The number of halogens is 1. The number of hydrogen-bond donors (Lipinski definition) is 2. The maximum absolute atomic E-state index is 13.2. The quantitative estimate of drug-likeness (QED) is 0.641. The van der Waals surface area contributed by atoms with Crippen molar-refractivity contribution in [3.63, 3.8) is 0 Å². The van der Waals surface area contributed by atoms with Gasteiger partial charge in [0.25, 0.3) is 5.91 Å². The van der Waals surface area contributed by atoms with Crippen molar-refractivity contribution in [1.82, 2.24) is 10.2 Å². The van der Waals surface area contributed by atoms with E-state index in [4.69, 9.17) is 0 Å². The number of piperidine rings is 1. The van der Waals surface area contributed by atoms with E-state index in [2.05, 4.69) is 12.2 Å². The Kier molecular flexibility index (Phi) is 7.26. The van der Waals surface area contributed by atoms with E-state index in [-0.39, 0.29) is 5.91 Å². The zero-order chi connectivity index (χ0) is 21.7. The smallest absolute Gasteiger partial charge is 0.251 e. The van der Waals surface area contributed by atoms with Crippen LogP contribution in [0.2, 0.25) is 0 Å². The second-order valence-electron chi connectivity index (χ2n) is 8.07. The molecule has 0 radical (unpaired) electrons. The summed E-state index contributed by atoms with van der Waals surface area (Å²) in [6.45, 7) is 4.23. The molecule has 1 saturated heterocycles. The van der Waals surface area contributed by atoms with Gasteiger partial charge in [0.1, 0.15) is 5.82 Å². The van der Waals surface area contributed by atoms with Gasteiger partial charge in [0.05, 0.1) is 17.7 Å². The summed E-state index contributed by atoms with van der Waals surface area (Å²) in [5.41, 5.74) is -0.881. The monoisotopic (exact) mass is 432 g/mol. The Balaban J connectivity index is 1.89. The first-order valence-electron chi connectivity index (χ1n) is 10.4. The summed E-state index contributed by atoms with van der Waals surface area (Å²) >= 11 is 1.50. The Bertz CT molecular complexity index is 852. The van der Waals surface area contributed by atoms with Crippen LogP contribution in [0.5, 0.6) is 0 Å². The molecule has 0 aliphatic carbocycles. The number of thiophene rings is 1. The first-order valence-corrected chi connectivity index (χ1v) is 11.3.